The predicted octanol–water partition coefficient (Wildman–Crippen LogP) is 3.90. The van der Waals surface area contributed by atoms with Gasteiger partial charge >= 0.3 is 0 Å². The van der Waals surface area contributed by atoms with Crippen LogP contribution >= 0.6 is 0 Å². The first-order valence-electron chi connectivity index (χ1n) is 7.00. The van der Waals surface area contributed by atoms with Crippen molar-refractivity contribution >= 4 is 0 Å². The van der Waals surface area contributed by atoms with Crippen molar-refractivity contribution in [3.63, 3.8) is 0 Å². The van der Waals surface area contributed by atoms with Gasteiger partial charge in [-0.2, -0.15) is 0 Å². The maximum absolute atomic E-state index is 10.1. The molecule has 0 spiro atoms. The minimum Gasteiger partial charge on any atom is -0.508 e. The van der Waals surface area contributed by atoms with E-state index in [0.717, 1.165) is 0 Å². The largest absolute Gasteiger partial charge is 0.508 e. The molecular weight excluding hydrogens is 310 g/mol. The highest BCUT2D eigenvalue weighted by Gasteiger charge is 2.07. The van der Waals surface area contributed by atoms with E-state index in [1.807, 2.05) is 6.07 Å². The molecule has 0 amide bonds. The third kappa shape index (κ3) is 3.77. The van der Waals surface area contributed by atoms with Gasteiger partial charge in [0.2, 0.25) is 0 Å². The molecule has 120 valence electrons. The van der Waals surface area contributed by atoms with Crippen molar-refractivity contribution in [2.75, 3.05) is 0 Å². The number of benzene rings is 2. The Bertz CT molecular complexity index is 853. The van der Waals surface area contributed by atoms with E-state index < -0.39 is 0 Å². The Kier molecular flexibility index (Phi) is 4.52. The molecule has 2 N–H and O–H groups in total. The minimum absolute atomic E-state index is 0.00954. The molecule has 7 nitrogen and oxygen atoms in total. The fourth-order valence-corrected chi connectivity index (χ4v) is 1.97. The number of nitrogens with zero attached hydrogens (tertiary/aromatic N) is 3. The molecule has 0 saturated heterocycles. The minimum atomic E-state index is 0.00954. The van der Waals surface area contributed by atoms with Crippen LogP contribution in [0.25, 0.3) is 11.3 Å². The maximum atomic E-state index is 10.1. The third-order valence-electron chi connectivity index (χ3n) is 3.05. The number of aromatic nitrogens is 1. The van der Waals surface area contributed by atoms with E-state index in [0.29, 0.717) is 17.0 Å². The topological polar surface area (TPSA) is 96.5 Å². The van der Waals surface area contributed by atoms with Gasteiger partial charge in [0.25, 0.3) is 0 Å². The van der Waals surface area contributed by atoms with E-state index in [9.17, 15) is 10.2 Å². The molecule has 1 aromatic heterocycles. The Balaban J connectivity index is 1.64. The van der Waals surface area contributed by atoms with Gasteiger partial charge in [0, 0.05) is 23.9 Å². The number of hydrogen-bond acceptors (Lipinski definition) is 7. The molecule has 0 aliphatic rings. The summed E-state index contributed by atoms with van der Waals surface area (Å²) in [7, 11) is 0. The quantitative estimate of drug-likeness (QED) is 0.548. The van der Waals surface area contributed by atoms with Crippen LogP contribution < -0.4 is 9.68 Å². The van der Waals surface area contributed by atoms with Crippen molar-refractivity contribution in [2.24, 2.45) is 10.6 Å². The van der Waals surface area contributed by atoms with Gasteiger partial charge in [-0.25, -0.2) is 0 Å². The fraction of sp³-hybridized carbons (Fsp3) is 0. The Hall–Kier alpha value is -3.61. The second-order valence-corrected chi connectivity index (χ2v) is 4.74. The van der Waals surface area contributed by atoms with E-state index >= 15 is 0 Å². The first kappa shape index (κ1) is 15.3. The van der Waals surface area contributed by atoms with Gasteiger partial charge < -0.3 is 19.9 Å². The summed E-state index contributed by atoms with van der Waals surface area (Å²) in [6, 6.07) is 16.2. The SMILES string of the molecule is Oc1cccc(ON=NOc2ccc(-c3ccccn3)c(O)c2)c1. The summed E-state index contributed by atoms with van der Waals surface area (Å²) in [5.74, 6) is 0.667. The van der Waals surface area contributed by atoms with Crippen molar-refractivity contribution in [3.05, 3.63) is 66.9 Å². The molecule has 0 saturated carbocycles. The lowest BCUT2D eigenvalue weighted by molar-refractivity contribution is 0.207. The van der Waals surface area contributed by atoms with Crippen LogP contribution in [0.5, 0.6) is 23.0 Å². The van der Waals surface area contributed by atoms with Crippen molar-refractivity contribution in [1.82, 2.24) is 4.98 Å². The van der Waals surface area contributed by atoms with Gasteiger partial charge in [-0.3, -0.25) is 4.98 Å². The van der Waals surface area contributed by atoms with Crippen LogP contribution in [0.2, 0.25) is 0 Å². The highest BCUT2D eigenvalue weighted by Crippen LogP contribution is 2.31. The molecule has 0 atom stereocenters. The first-order chi connectivity index (χ1) is 11.7. The zero-order valence-electron chi connectivity index (χ0n) is 12.4. The molecule has 3 aromatic rings. The monoisotopic (exact) mass is 323 g/mol. The summed E-state index contributed by atoms with van der Waals surface area (Å²) in [5, 5.41) is 26.1. The summed E-state index contributed by atoms with van der Waals surface area (Å²) in [5.41, 5.74) is 1.23. The van der Waals surface area contributed by atoms with Gasteiger partial charge in [-0.15, -0.1) is 0 Å². The molecule has 3 rings (SSSR count). The van der Waals surface area contributed by atoms with E-state index in [-0.39, 0.29) is 17.2 Å². The average Bonchev–Trinajstić information content (AvgIpc) is 2.60. The summed E-state index contributed by atoms with van der Waals surface area (Å²) in [4.78, 5) is 14.1. The Morgan fingerprint density at radius 2 is 1.58 bits per heavy atom. The maximum Gasteiger partial charge on any atom is 0.163 e. The van der Waals surface area contributed by atoms with Crippen molar-refractivity contribution in [2.45, 2.75) is 0 Å². The zero-order chi connectivity index (χ0) is 16.8. The highest BCUT2D eigenvalue weighted by atomic mass is 16.7. The van der Waals surface area contributed by atoms with Crippen LogP contribution in [0.1, 0.15) is 0 Å². The lowest BCUT2D eigenvalue weighted by Gasteiger charge is -2.05. The number of rotatable bonds is 5. The second kappa shape index (κ2) is 7.10. The summed E-state index contributed by atoms with van der Waals surface area (Å²) < 4.78 is 0. The number of phenolic OH excluding ortho intramolecular Hbond substituents is 2. The molecule has 0 unspecified atom stereocenters. The van der Waals surface area contributed by atoms with Crippen LogP contribution in [0.15, 0.2) is 77.4 Å². The van der Waals surface area contributed by atoms with E-state index in [1.54, 1.807) is 42.6 Å². The number of phenols is 2. The average molecular weight is 323 g/mol. The number of hydrogen-bond donors (Lipinski definition) is 2. The molecule has 0 bridgehead atoms. The number of pyridine rings is 1. The Morgan fingerprint density at radius 3 is 2.25 bits per heavy atom. The summed E-state index contributed by atoms with van der Waals surface area (Å²) in [6.07, 6.45) is 1.64. The smallest absolute Gasteiger partial charge is 0.163 e. The van der Waals surface area contributed by atoms with Gasteiger partial charge in [-0.1, -0.05) is 12.1 Å². The molecule has 24 heavy (non-hydrogen) atoms. The zero-order valence-corrected chi connectivity index (χ0v) is 12.4. The van der Waals surface area contributed by atoms with E-state index in [1.165, 1.54) is 18.2 Å². The lowest BCUT2D eigenvalue weighted by atomic mass is 10.1. The van der Waals surface area contributed by atoms with E-state index in [2.05, 4.69) is 15.5 Å². The van der Waals surface area contributed by atoms with Gasteiger partial charge in [-0.05, 0) is 36.4 Å². The summed E-state index contributed by atoms with van der Waals surface area (Å²) in [6.45, 7) is 0. The molecule has 0 radical (unpaired) electrons. The summed E-state index contributed by atoms with van der Waals surface area (Å²) >= 11 is 0. The van der Waals surface area contributed by atoms with Crippen LogP contribution in [0, 0.1) is 0 Å². The Labute approximate surface area is 137 Å². The molecular formula is C17H13N3O4. The van der Waals surface area contributed by atoms with Crippen LogP contribution in [0.4, 0.5) is 0 Å². The van der Waals surface area contributed by atoms with E-state index in [4.69, 9.17) is 9.68 Å². The van der Waals surface area contributed by atoms with Crippen LogP contribution in [0.3, 0.4) is 0 Å². The standard InChI is InChI=1S/C17H13N3O4/c21-12-4-3-5-13(10-12)23-19-20-24-14-7-8-15(17(22)11-14)16-6-1-2-9-18-16/h1-11,21-22H. The second-order valence-electron chi connectivity index (χ2n) is 4.74. The van der Waals surface area contributed by atoms with Gasteiger partial charge in [0.05, 0.1) is 16.2 Å². The molecule has 0 fully saturated rings. The third-order valence-corrected chi connectivity index (χ3v) is 3.05. The molecule has 0 aliphatic carbocycles. The first-order valence-corrected chi connectivity index (χ1v) is 7.00. The lowest BCUT2D eigenvalue weighted by Crippen LogP contribution is -1.87. The highest BCUT2D eigenvalue weighted by molar-refractivity contribution is 5.67. The Morgan fingerprint density at radius 1 is 0.792 bits per heavy atom. The van der Waals surface area contributed by atoms with Crippen molar-refractivity contribution in [1.29, 1.82) is 0 Å². The predicted molar refractivity (Wildman–Crippen MR) is 85.6 cm³/mol. The molecule has 2 aromatic carbocycles. The van der Waals surface area contributed by atoms with Crippen LogP contribution in [-0.2, 0) is 0 Å². The molecule has 1 heterocycles. The normalized spacial score (nSPS) is 10.7. The van der Waals surface area contributed by atoms with Crippen LogP contribution in [-0.4, -0.2) is 15.2 Å². The van der Waals surface area contributed by atoms with Gasteiger partial charge in [0.1, 0.15) is 11.5 Å². The van der Waals surface area contributed by atoms with Crippen molar-refractivity contribution < 1.29 is 19.9 Å². The fourth-order valence-electron chi connectivity index (χ4n) is 1.97. The van der Waals surface area contributed by atoms with Gasteiger partial charge in [0.15, 0.2) is 11.5 Å². The molecule has 7 heteroatoms. The number of aromatic hydroxyl groups is 2. The van der Waals surface area contributed by atoms with Crippen molar-refractivity contribution in [3.8, 4) is 34.3 Å². The molecule has 0 aliphatic heterocycles.